The summed E-state index contributed by atoms with van der Waals surface area (Å²) < 4.78 is 13.2. The summed E-state index contributed by atoms with van der Waals surface area (Å²) in [6, 6.07) is 15.6. The van der Waals surface area contributed by atoms with Crippen molar-refractivity contribution in [2.45, 2.75) is 24.4 Å². The molecule has 0 unspecified atom stereocenters. The van der Waals surface area contributed by atoms with Crippen molar-refractivity contribution in [3.63, 3.8) is 0 Å². The predicted octanol–water partition coefficient (Wildman–Crippen LogP) is 2.42. The third-order valence-corrected chi connectivity index (χ3v) is 5.12. The first kappa shape index (κ1) is 16.7. The minimum absolute atomic E-state index is 0.0829. The van der Waals surface area contributed by atoms with Crippen LogP contribution in [-0.2, 0) is 17.3 Å². The highest BCUT2D eigenvalue weighted by molar-refractivity contribution is 7.84. The Labute approximate surface area is 143 Å². The SMILES string of the molecule is C[C@@H](NCCn1c(=O)[nH]c2ccccc21)c1ccc([S@](C)=O)cc1. The zero-order chi connectivity index (χ0) is 17.1. The molecule has 1 aromatic heterocycles. The Hall–Kier alpha value is -2.18. The van der Waals surface area contributed by atoms with Gasteiger partial charge in [0.15, 0.2) is 0 Å². The smallest absolute Gasteiger partial charge is 0.308 e. The van der Waals surface area contributed by atoms with Crippen molar-refractivity contribution < 1.29 is 4.21 Å². The molecule has 3 aromatic rings. The maximum absolute atomic E-state index is 12.0. The van der Waals surface area contributed by atoms with Gasteiger partial charge in [-0.1, -0.05) is 24.3 Å². The molecular formula is C18H21N3O2S. The van der Waals surface area contributed by atoms with Crippen molar-refractivity contribution in [2.24, 2.45) is 0 Å². The van der Waals surface area contributed by atoms with Crippen molar-refractivity contribution in [2.75, 3.05) is 12.8 Å². The molecule has 5 nitrogen and oxygen atoms in total. The van der Waals surface area contributed by atoms with Gasteiger partial charge in [0, 0.05) is 41.1 Å². The molecule has 0 saturated carbocycles. The van der Waals surface area contributed by atoms with E-state index in [9.17, 15) is 9.00 Å². The summed E-state index contributed by atoms with van der Waals surface area (Å²) in [5.74, 6) is 0. The van der Waals surface area contributed by atoms with Crippen molar-refractivity contribution in [1.82, 2.24) is 14.9 Å². The second-order valence-corrected chi connectivity index (χ2v) is 7.18. The van der Waals surface area contributed by atoms with E-state index in [1.54, 1.807) is 10.8 Å². The van der Waals surface area contributed by atoms with E-state index in [0.717, 1.165) is 21.5 Å². The van der Waals surface area contributed by atoms with E-state index in [2.05, 4.69) is 17.2 Å². The maximum atomic E-state index is 12.0. The van der Waals surface area contributed by atoms with E-state index >= 15 is 0 Å². The first-order valence-corrected chi connectivity index (χ1v) is 9.46. The van der Waals surface area contributed by atoms with Crippen LogP contribution >= 0.6 is 0 Å². The van der Waals surface area contributed by atoms with Crippen molar-refractivity contribution in [3.05, 3.63) is 64.6 Å². The highest BCUT2D eigenvalue weighted by Gasteiger charge is 2.08. The van der Waals surface area contributed by atoms with Gasteiger partial charge in [0.1, 0.15) is 0 Å². The number of aromatic amines is 1. The molecule has 0 fully saturated rings. The van der Waals surface area contributed by atoms with E-state index in [0.29, 0.717) is 13.1 Å². The highest BCUT2D eigenvalue weighted by atomic mass is 32.2. The standard InChI is InChI=1S/C18H21N3O2S/c1-13(14-7-9-15(10-8-14)24(2)23)19-11-12-21-17-6-4-3-5-16(17)20-18(21)22/h3-10,13,19H,11-12H2,1-2H3,(H,20,22)/t13-,24+/m1/s1. The van der Waals surface area contributed by atoms with Crippen LogP contribution in [0, 0.1) is 0 Å². The monoisotopic (exact) mass is 343 g/mol. The fourth-order valence-corrected chi connectivity index (χ4v) is 3.31. The molecule has 0 aliphatic carbocycles. The Bertz CT molecular complexity index is 912. The molecule has 2 atom stereocenters. The molecule has 3 rings (SSSR count). The van der Waals surface area contributed by atoms with E-state index in [1.165, 1.54) is 0 Å². The van der Waals surface area contributed by atoms with E-state index in [-0.39, 0.29) is 11.7 Å². The van der Waals surface area contributed by atoms with Gasteiger partial charge < -0.3 is 10.3 Å². The Morgan fingerprint density at radius 1 is 1.17 bits per heavy atom. The zero-order valence-electron chi connectivity index (χ0n) is 13.8. The molecule has 6 heteroatoms. The molecule has 0 radical (unpaired) electrons. The van der Waals surface area contributed by atoms with Crippen LogP contribution in [0.2, 0.25) is 0 Å². The summed E-state index contributed by atoms with van der Waals surface area (Å²) in [5, 5.41) is 3.43. The van der Waals surface area contributed by atoms with Gasteiger partial charge in [-0.25, -0.2) is 4.79 Å². The number of aromatic nitrogens is 2. The third kappa shape index (κ3) is 3.49. The largest absolute Gasteiger partial charge is 0.326 e. The lowest BCUT2D eigenvalue weighted by Crippen LogP contribution is -2.27. The number of hydrogen-bond donors (Lipinski definition) is 2. The van der Waals surface area contributed by atoms with Crippen LogP contribution in [0.15, 0.2) is 58.2 Å². The number of nitrogens with zero attached hydrogens (tertiary/aromatic N) is 1. The van der Waals surface area contributed by atoms with Gasteiger partial charge in [0.2, 0.25) is 0 Å². The van der Waals surface area contributed by atoms with Gasteiger partial charge in [0.05, 0.1) is 11.0 Å². The van der Waals surface area contributed by atoms with Gasteiger partial charge in [-0.15, -0.1) is 0 Å². The van der Waals surface area contributed by atoms with Crippen molar-refractivity contribution in [3.8, 4) is 0 Å². The molecule has 0 spiro atoms. The molecule has 2 N–H and O–H groups in total. The summed E-state index contributed by atoms with van der Waals surface area (Å²) in [7, 11) is -0.954. The van der Waals surface area contributed by atoms with Crippen LogP contribution in [-0.4, -0.2) is 26.6 Å². The summed E-state index contributed by atoms with van der Waals surface area (Å²) >= 11 is 0. The fraction of sp³-hybridized carbons (Fsp3) is 0.278. The van der Waals surface area contributed by atoms with Gasteiger partial charge in [-0.3, -0.25) is 8.78 Å². The topological polar surface area (TPSA) is 66.9 Å². The van der Waals surface area contributed by atoms with E-state index < -0.39 is 10.8 Å². The normalized spacial score (nSPS) is 13.9. The van der Waals surface area contributed by atoms with Crippen molar-refractivity contribution >= 4 is 21.8 Å². The molecular weight excluding hydrogens is 322 g/mol. The van der Waals surface area contributed by atoms with Gasteiger partial charge in [-0.05, 0) is 36.8 Å². The van der Waals surface area contributed by atoms with Crippen LogP contribution in [0.3, 0.4) is 0 Å². The predicted molar refractivity (Wildman–Crippen MR) is 97.8 cm³/mol. The van der Waals surface area contributed by atoms with Gasteiger partial charge >= 0.3 is 5.69 Å². The van der Waals surface area contributed by atoms with Crippen LogP contribution in [0.1, 0.15) is 18.5 Å². The first-order chi connectivity index (χ1) is 11.6. The number of rotatable bonds is 6. The number of benzene rings is 2. The number of imidazole rings is 1. The van der Waals surface area contributed by atoms with Crippen LogP contribution in [0.5, 0.6) is 0 Å². The Kier molecular flexibility index (Phi) is 4.97. The Morgan fingerprint density at radius 2 is 1.88 bits per heavy atom. The van der Waals surface area contributed by atoms with Gasteiger partial charge in [0.25, 0.3) is 0 Å². The second-order valence-electron chi connectivity index (χ2n) is 5.80. The molecule has 2 aromatic carbocycles. The summed E-state index contributed by atoms with van der Waals surface area (Å²) in [4.78, 5) is 15.7. The minimum Gasteiger partial charge on any atom is -0.308 e. The molecule has 0 aliphatic rings. The Balaban J connectivity index is 1.64. The quantitative estimate of drug-likeness (QED) is 0.722. The molecule has 0 saturated heterocycles. The minimum atomic E-state index is -0.954. The van der Waals surface area contributed by atoms with Crippen LogP contribution in [0.25, 0.3) is 11.0 Å². The lowest BCUT2D eigenvalue weighted by atomic mass is 10.1. The van der Waals surface area contributed by atoms with Crippen LogP contribution in [0.4, 0.5) is 0 Å². The van der Waals surface area contributed by atoms with E-state index in [4.69, 9.17) is 0 Å². The molecule has 1 heterocycles. The first-order valence-electron chi connectivity index (χ1n) is 7.90. The molecule has 126 valence electrons. The average Bonchev–Trinajstić information content (AvgIpc) is 2.90. The van der Waals surface area contributed by atoms with Gasteiger partial charge in [-0.2, -0.15) is 0 Å². The number of para-hydroxylation sites is 2. The fourth-order valence-electron chi connectivity index (χ4n) is 2.79. The molecule has 24 heavy (non-hydrogen) atoms. The van der Waals surface area contributed by atoms with Crippen LogP contribution < -0.4 is 11.0 Å². The number of nitrogens with one attached hydrogen (secondary N) is 2. The average molecular weight is 343 g/mol. The van der Waals surface area contributed by atoms with Crippen molar-refractivity contribution in [1.29, 1.82) is 0 Å². The lowest BCUT2D eigenvalue weighted by Gasteiger charge is -2.15. The zero-order valence-corrected chi connectivity index (χ0v) is 14.6. The number of H-pyrrole nitrogens is 1. The van der Waals surface area contributed by atoms with E-state index in [1.807, 2.05) is 48.5 Å². The second kappa shape index (κ2) is 7.15. The number of fused-ring (bicyclic) bond motifs is 1. The third-order valence-electron chi connectivity index (χ3n) is 4.18. The highest BCUT2D eigenvalue weighted by Crippen LogP contribution is 2.15. The lowest BCUT2D eigenvalue weighted by molar-refractivity contribution is 0.530. The molecule has 0 aliphatic heterocycles. The number of hydrogen-bond acceptors (Lipinski definition) is 3. The Morgan fingerprint density at radius 3 is 2.58 bits per heavy atom. The summed E-state index contributed by atoms with van der Waals surface area (Å²) in [6.07, 6.45) is 1.68. The summed E-state index contributed by atoms with van der Waals surface area (Å²) in [6.45, 7) is 3.37. The summed E-state index contributed by atoms with van der Waals surface area (Å²) in [5.41, 5.74) is 2.83. The maximum Gasteiger partial charge on any atom is 0.326 e. The molecule has 0 amide bonds. The molecule has 0 bridgehead atoms.